The third-order valence-corrected chi connectivity index (χ3v) is 7.29. The molecule has 1 aliphatic carbocycles. The number of benzene rings is 1. The number of aldehydes is 1. The Hall–Kier alpha value is -3.74. The van der Waals surface area contributed by atoms with Crippen LogP contribution < -0.4 is 15.8 Å². The molecule has 0 spiro atoms. The number of amides is 1. The Morgan fingerprint density at radius 1 is 1.11 bits per heavy atom. The molecular weight excluding hydrogens is 452 g/mol. The molecule has 4 rings (SSSR count). The van der Waals surface area contributed by atoms with Crippen molar-refractivity contribution in [2.75, 3.05) is 11.9 Å². The van der Waals surface area contributed by atoms with E-state index >= 15 is 0 Å². The molecule has 0 radical (unpaired) electrons. The van der Waals surface area contributed by atoms with Crippen LogP contribution >= 0.6 is 0 Å². The fraction of sp³-hybridized carbons (Fsp3) is 0.379. The Morgan fingerprint density at radius 2 is 1.86 bits per heavy atom. The number of nitrogens with one attached hydrogen (secondary N) is 2. The van der Waals surface area contributed by atoms with E-state index in [2.05, 4.69) is 33.3 Å². The first-order chi connectivity index (χ1) is 17.3. The summed E-state index contributed by atoms with van der Waals surface area (Å²) in [6.45, 7) is 5.84. The normalized spacial score (nSPS) is 13.9. The summed E-state index contributed by atoms with van der Waals surface area (Å²) >= 11 is 0. The fourth-order valence-corrected chi connectivity index (χ4v) is 5.14. The second-order valence-corrected chi connectivity index (χ2v) is 9.79. The lowest BCUT2D eigenvalue weighted by Crippen LogP contribution is -2.34. The second kappa shape index (κ2) is 10.9. The number of H-pyrrole nitrogens is 1. The maximum Gasteiger partial charge on any atom is 0.253 e. The molecule has 2 aromatic heterocycles. The maximum absolute atomic E-state index is 13.5. The number of rotatable bonds is 7. The van der Waals surface area contributed by atoms with Gasteiger partial charge >= 0.3 is 0 Å². The molecule has 7 nitrogen and oxygen atoms in total. The van der Waals surface area contributed by atoms with E-state index in [9.17, 15) is 14.4 Å². The van der Waals surface area contributed by atoms with Crippen molar-refractivity contribution in [3.63, 3.8) is 0 Å². The first-order valence-corrected chi connectivity index (χ1v) is 12.5. The zero-order valence-electron chi connectivity index (χ0n) is 21.5. The predicted octanol–water partition coefficient (Wildman–Crippen LogP) is 4.87. The Morgan fingerprint density at radius 3 is 2.50 bits per heavy atom. The number of hydrogen-bond donors (Lipinski definition) is 2. The van der Waals surface area contributed by atoms with Gasteiger partial charge in [0, 0.05) is 53.9 Å². The fourth-order valence-electron chi connectivity index (χ4n) is 5.14. The summed E-state index contributed by atoms with van der Waals surface area (Å²) in [5, 5.41) is 2.96. The van der Waals surface area contributed by atoms with Gasteiger partial charge in [-0.3, -0.25) is 19.4 Å². The SMILES string of the molecule is Cc1cc(C)c(CNC(=O)c2cc(-c3ccc(C=O)nc3)cc(N(C)C3CCCCC3)c2C)c(=O)[nH]1. The van der Waals surface area contributed by atoms with Gasteiger partial charge in [0.25, 0.3) is 11.5 Å². The van der Waals surface area contributed by atoms with Crippen LogP contribution in [0.25, 0.3) is 11.1 Å². The Labute approximate surface area is 212 Å². The van der Waals surface area contributed by atoms with Crippen LogP contribution in [0.4, 0.5) is 5.69 Å². The molecule has 0 atom stereocenters. The molecule has 1 amide bonds. The molecule has 188 valence electrons. The van der Waals surface area contributed by atoms with Gasteiger partial charge in [0.05, 0.1) is 0 Å². The largest absolute Gasteiger partial charge is 0.371 e. The monoisotopic (exact) mass is 486 g/mol. The topological polar surface area (TPSA) is 95.2 Å². The molecule has 1 aromatic carbocycles. The van der Waals surface area contributed by atoms with Gasteiger partial charge in [0.15, 0.2) is 6.29 Å². The van der Waals surface area contributed by atoms with Crippen molar-refractivity contribution >= 4 is 17.9 Å². The van der Waals surface area contributed by atoms with Gasteiger partial charge in [0.1, 0.15) is 5.69 Å². The van der Waals surface area contributed by atoms with Crippen molar-refractivity contribution in [1.82, 2.24) is 15.3 Å². The third-order valence-electron chi connectivity index (χ3n) is 7.29. The smallest absolute Gasteiger partial charge is 0.253 e. The standard InChI is InChI=1S/C29H34N4O3/c1-18-12-19(2)32-29(36)26(18)16-31-28(35)25-13-22(21-10-11-23(17-34)30-15-21)14-27(20(25)3)33(4)24-8-6-5-7-9-24/h10-15,17,24H,5-9,16H2,1-4H3,(H,31,35)(H,32,36). The highest BCUT2D eigenvalue weighted by Gasteiger charge is 2.23. The van der Waals surface area contributed by atoms with Crippen LogP contribution in [0.2, 0.25) is 0 Å². The van der Waals surface area contributed by atoms with E-state index in [-0.39, 0.29) is 18.0 Å². The number of anilines is 1. The highest BCUT2D eigenvalue weighted by molar-refractivity contribution is 5.99. The van der Waals surface area contributed by atoms with E-state index < -0.39 is 0 Å². The minimum absolute atomic E-state index is 0.146. The first kappa shape index (κ1) is 25.4. The minimum atomic E-state index is -0.232. The lowest BCUT2D eigenvalue weighted by molar-refractivity contribution is 0.0950. The van der Waals surface area contributed by atoms with Gasteiger partial charge in [-0.2, -0.15) is 0 Å². The lowest BCUT2D eigenvalue weighted by Gasteiger charge is -2.34. The zero-order chi connectivity index (χ0) is 25.8. The van der Waals surface area contributed by atoms with Crippen molar-refractivity contribution in [2.24, 2.45) is 0 Å². The molecule has 2 N–H and O–H groups in total. The number of carbonyl (C=O) groups excluding carboxylic acids is 2. The van der Waals surface area contributed by atoms with Gasteiger partial charge in [-0.15, -0.1) is 0 Å². The zero-order valence-corrected chi connectivity index (χ0v) is 21.5. The first-order valence-electron chi connectivity index (χ1n) is 12.5. The van der Waals surface area contributed by atoms with Crippen LogP contribution in [0, 0.1) is 20.8 Å². The summed E-state index contributed by atoms with van der Waals surface area (Å²) < 4.78 is 0. The number of pyridine rings is 2. The van der Waals surface area contributed by atoms with E-state index in [0.717, 1.165) is 52.8 Å². The molecular formula is C29H34N4O3. The summed E-state index contributed by atoms with van der Waals surface area (Å²) in [7, 11) is 2.10. The van der Waals surface area contributed by atoms with E-state index in [1.54, 1.807) is 12.3 Å². The summed E-state index contributed by atoms with van der Waals surface area (Å²) in [4.78, 5) is 46.3. The van der Waals surface area contributed by atoms with Crippen LogP contribution in [0.3, 0.4) is 0 Å². The molecule has 0 saturated heterocycles. The van der Waals surface area contributed by atoms with E-state index in [1.165, 1.54) is 19.3 Å². The molecule has 1 fully saturated rings. The number of aryl methyl sites for hydroxylation is 2. The number of hydrogen-bond acceptors (Lipinski definition) is 5. The molecule has 2 heterocycles. The van der Waals surface area contributed by atoms with E-state index in [1.807, 2.05) is 39.0 Å². The van der Waals surface area contributed by atoms with Crippen LogP contribution in [-0.2, 0) is 6.54 Å². The molecule has 36 heavy (non-hydrogen) atoms. The minimum Gasteiger partial charge on any atom is -0.371 e. The number of nitrogens with zero attached hydrogens (tertiary/aromatic N) is 2. The molecule has 0 bridgehead atoms. The van der Waals surface area contributed by atoms with Gasteiger partial charge in [-0.05, 0) is 74.6 Å². The predicted molar refractivity (Wildman–Crippen MR) is 143 cm³/mol. The van der Waals surface area contributed by atoms with Crippen LogP contribution in [0.15, 0.2) is 41.3 Å². The molecule has 3 aromatic rings. The van der Waals surface area contributed by atoms with Gasteiger partial charge in [-0.25, -0.2) is 0 Å². The van der Waals surface area contributed by atoms with Crippen LogP contribution in [-0.4, -0.2) is 35.3 Å². The van der Waals surface area contributed by atoms with Gasteiger partial charge in [-0.1, -0.05) is 25.3 Å². The Kier molecular flexibility index (Phi) is 7.67. The van der Waals surface area contributed by atoms with Gasteiger partial charge < -0.3 is 15.2 Å². The second-order valence-electron chi connectivity index (χ2n) is 9.79. The molecule has 7 heteroatoms. The molecule has 1 saturated carbocycles. The number of carbonyl (C=O) groups is 2. The van der Waals surface area contributed by atoms with Gasteiger partial charge in [0.2, 0.25) is 0 Å². The van der Waals surface area contributed by atoms with E-state index in [4.69, 9.17) is 0 Å². The Bertz CT molecular complexity index is 1320. The highest BCUT2D eigenvalue weighted by atomic mass is 16.2. The van der Waals surface area contributed by atoms with E-state index in [0.29, 0.717) is 22.9 Å². The number of aromatic nitrogens is 2. The number of aromatic amines is 1. The lowest BCUT2D eigenvalue weighted by atomic mass is 9.92. The summed E-state index contributed by atoms with van der Waals surface area (Å²) in [5.74, 6) is -0.232. The molecule has 1 aliphatic rings. The van der Waals surface area contributed by atoms with Crippen molar-refractivity contribution < 1.29 is 9.59 Å². The molecule has 0 aliphatic heterocycles. The molecule has 0 unspecified atom stereocenters. The van der Waals surface area contributed by atoms with Crippen molar-refractivity contribution in [3.8, 4) is 11.1 Å². The van der Waals surface area contributed by atoms with Crippen LogP contribution in [0.1, 0.15) is 75.3 Å². The summed E-state index contributed by atoms with van der Waals surface area (Å²) in [5.41, 5.74) is 6.53. The van der Waals surface area contributed by atoms with Crippen molar-refractivity contribution in [2.45, 2.75) is 65.5 Å². The Balaban J connectivity index is 1.71. The summed E-state index contributed by atoms with van der Waals surface area (Å²) in [6.07, 6.45) is 8.33. The van der Waals surface area contributed by atoms with Crippen molar-refractivity contribution in [3.05, 3.63) is 80.5 Å². The maximum atomic E-state index is 13.5. The quantitative estimate of drug-likeness (QED) is 0.465. The highest BCUT2D eigenvalue weighted by Crippen LogP contribution is 2.34. The average molecular weight is 487 g/mol. The van der Waals surface area contributed by atoms with Crippen LogP contribution in [0.5, 0.6) is 0 Å². The third kappa shape index (κ3) is 5.40. The van der Waals surface area contributed by atoms with Crippen molar-refractivity contribution in [1.29, 1.82) is 0 Å². The average Bonchev–Trinajstić information content (AvgIpc) is 2.88. The summed E-state index contributed by atoms with van der Waals surface area (Å²) in [6, 6.07) is 9.83.